The summed E-state index contributed by atoms with van der Waals surface area (Å²) in [6.07, 6.45) is 1.93. The average molecular weight is 381 g/mol. The Morgan fingerprint density at radius 1 is 1.07 bits per heavy atom. The van der Waals surface area contributed by atoms with E-state index in [0.29, 0.717) is 18.6 Å². The molecule has 3 rings (SSSR count). The number of benzene rings is 2. The first-order valence-corrected chi connectivity index (χ1v) is 9.68. The molecule has 1 aliphatic heterocycles. The van der Waals surface area contributed by atoms with Crippen LogP contribution in [0.2, 0.25) is 0 Å². The number of hydrogen-bond donors (Lipinski definition) is 2. The van der Waals surface area contributed by atoms with E-state index in [4.69, 9.17) is 4.74 Å². The number of amides is 2. The Morgan fingerprint density at radius 3 is 2.43 bits per heavy atom. The van der Waals surface area contributed by atoms with Gasteiger partial charge >= 0.3 is 0 Å². The van der Waals surface area contributed by atoms with Crippen LogP contribution in [0.4, 0.5) is 5.69 Å². The highest BCUT2D eigenvalue weighted by Crippen LogP contribution is 2.23. The third-order valence-corrected chi connectivity index (χ3v) is 4.96. The zero-order valence-corrected chi connectivity index (χ0v) is 16.4. The van der Waals surface area contributed by atoms with Gasteiger partial charge in [0.1, 0.15) is 11.5 Å². The molecule has 0 spiro atoms. The Bertz CT molecular complexity index is 792. The average Bonchev–Trinajstić information content (AvgIpc) is 2.71. The van der Waals surface area contributed by atoms with Gasteiger partial charge in [0, 0.05) is 24.7 Å². The third kappa shape index (κ3) is 5.33. The molecule has 2 amide bonds. The van der Waals surface area contributed by atoms with E-state index in [9.17, 15) is 9.59 Å². The van der Waals surface area contributed by atoms with Gasteiger partial charge in [0.25, 0.3) is 0 Å². The maximum absolute atomic E-state index is 12.8. The van der Waals surface area contributed by atoms with Gasteiger partial charge < -0.3 is 15.4 Å². The van der Waals surface area contributed by atoms with Crippen LogP contribution in [-0.4, -0.2) is 42.4 Å². The summed E-state index contributed by atoms with van der Waals surface area (Å²) in [5, 5.41) is 5.98. The number of piperidine rings is 1. The Hall–Kier alpha value is -2.86. The predicted molar refractivity (Wildman–Crippen MR) is 109 cm³/mol. The lowest BCUT2D eigenvalue weighted by atomic mass is 9.96. The van der Waals surface area contributed by atoms with Crippen LogP contribution in [0.25, 0.3) is 0 Å². The number of nitrogens with one attached hydrogen (secondary N) is 2. The smallest absolute Gasteiger partial charge is 0.241 e. The number of hydrogen-bond acceptors (Lipinski definition) is 4. The Balaban J connectivity index is 1.57. The first-order valence-electron chi connectivity index (χ1n) is 9.68. The van der Waals surface area contributed by atoms with Crippen LogP contribution in [-0.2, 0) is 9.59 Å². The molecule has 2 N–H and O–H groups in total. The van der Waals surface area contributed by atoms with Crippen LogP contribution in [0.15, 0.2) is 54.6 Å². The molecule has 6 nitrogen and oxygen atoms in total. The minimum Gasteiger partial charge on any atom is -0.457 e. The van der Waals surface area contributed by atoms with Crippen molar-refractivity contribution in [1.29, 1.82) is 0 Å². The Labute approximate surface area is 165 Å². The Morgan fingerprint density at radius 2 is 1.75 bits per heavy atom. The number of para-hydroxylation sites is 1. The van der Waals surface area contributed by atoms with Crippen molar-refractivity contribution in [1.82, 2.24) is 10.2 Å². The third-order valence-electron chi connectivity index (χ3n) is 4.96. The van der Waals surface area contributed by atoms with Gasteiger partial charge in [-0.2, -0.15) is 0 Å². The predicted octanol–water partition coefficient (Wildman–Crippen LogP) is 3.41. The van der Waals surface area contributed by atoms with Crippen LogP contribution in [0.5, 0.6) is 11.5 Å². The largest absolute Gasteiger partial charge is 0.457 e. The van der Waals surface area contributed by atoms with Gasteiger partial charge in [-0.25, -0.2) is 0 Å². The molecule has 0 saturated carbocycles. The molecule has 2 aromatic carbocycles. The lowest BCUT2D eigenvalue weighted by Crippen LogP contribution is -2.52. The molecule has 1 heterocycles. The van der Waals surface area contributed by atoms with Crippen LogP contribution < -0.4 is 15.4 Å². The molecule has 1 saturated heterocycles. The molecule has 148 valence electrons. The fourth-order valence-electron chi connectivity index (χ4n) is 3.31. The van der Waals surface area contributed by atoms with Crippen molar-refractivity contribution in [3.8, 4) is 11.5 Å². The summed E-state index contributed by atoms with van der Waals surface area (Å²) >= 11 is 0. The van der Waals surface area contributed by atoms with Crippen LogP contribution in [0.1, 0.15) is 26.2 Å². The summed E-state index contributed by atoms with van der Waals surface area (Å²) in [5.74, 6) is 1.45. The van der Waals surface area contributed by atoms with E-state index >= 15 is 0 Å². The maximum Gasteiger partial charge on any atom is 0.241 e. The highest BCUT2D eigenvalue weighted by molar-refractivity contribution is 5.95. The van der Waals surface area contributed by atoms with Crippen molar-refractivity contribution < 1.29 is 14.3 Å². The molecule has 0 bridgehead atoms. The summed E-state index contributed by atoms with van der Waals surface area (Å²) in [7, 11) is 1.94. The fraction of sp³-hybridized carbons (Fsp3) is 0.364. The molecular weight excluding hydrogens is 354 g/mol. The zero-order chi connectivity index (χ0) is 19.9. The van der Waals surface area contributed by atoms with Crippen molar-refractivity contribution >= 4 is 17.5 Å². The van der Waals surface area contributed by atoms with Gasteiger partial charge in [-0.3, -0.25) is 14.5 Å². The van der Waals surface area contributed by atoms with E-state index in [1.54, 1.807) is 0 Å². The van der Waals surface area contributed by atoms with E-state index < -0.39 is 0 Å². The van der Waals surface area contributed by atoms with Crippen molar-refractivity contribution in [3.05, 3.63) is 54.6 Å². The molecule has 2 aromatic rings. The van der Waals surface area contributed by atoms with E-state index in [-0.39, 0.29) is 23.9 Å². The number of likely N-dealkylation sites (tertiary alicyclic amines) is 1. The molecule has 1 aliphatic rings. The SMILES string of the molecule is CCC(=O)NC1CCN(C)C(C(=O)Nc2ccc(Oc3ccccc3)cc2)C1. The van der Waals surface area contributed by atoms with Crippen molar-refractivity contribution in [2.24, 2.45) is 0 Å². The minimum absolute atomic E-state index is 0.0303. The van der Waals surface area contributed by atoms with Gasteiger partial charge in [-0.15, -0.1) is 0 Å². The molecule has 2 atom stereocenters. The van der Waals surface area contributed by atoms with Crippen molar-refractivity contribution in [2.45, 2.75) is 38.3 Å². The van der Waals surface area contributed by atoms with Crippen LogP contribution in [0.3, 0.4) is 0 Å². The highest BCUT2D eigenvalue weighted by atomic mass is 16.5. The Kier molecular flexibility index (Phi) is 6.66. The first kappa shape index (κ1) is 19.9. The topological polar surface area (TPSA) is 70.7 Å². The van der Waals surface area contributed by atoms with E-state index in [2.05, 4.69) is 10.6 Å². The number of carbonyl (C=O) groups excluding carboxylic acids is 2. The molecule has 28 heavy (non-hydrogen) atoms. The van der Waals surface area contributed by atoms with Gasteiger partial charge in [0.2, 0.25) is 11.8 Å². The van der Waals surface area contributed by atoms with E-state index in [1.165, 1.54) is 0 Å². The molecule has 0 aromatic heterocycles. The van der Waals surface area contributed by atoms with Crippen molar-refractivity contribution in [3.63, 3.8) is 0 Å². The molecule has 6 heteroatoms. The van der Waals surface area contributed by atoms with Gasteiger partial charge in [0.05, 0.1) is 6.04 Å². The molecule has 2 unspecified atom stereocenters. The monoisotopic (exact) mass is 381 g/mol. The summed E-state index contributed by atoms with van der Waals surface area (Å²) in [6, 6.07) is 16.6. The highest BCUT2D eigenvalue weighted by Gasteiger charge is 2.31. The summed E-state index contributed by atoms with van der Waals surface area (Å²) in [5.41, 5.74) is 0.721. The van der Waals surface area contributed by atoms with Gasteiger partial charge in [-0.05, 0) is 56.3 Å². The lowest BCUT2D eigenvalue weighted by molar-refractivity contribution is -0.125. The van der Waals surface area contributed by atoms with E-state index in [0.717, 1.165) is 24.4 Å². The first-order chi connectivity index (χ1) is 13.5. The second-order valence-corrected chi connectivity index (χ2v) is 7.07. The summed E-state index contributed by atoms with van der Waals surface area (Å²) in [4.78, 5) is 26.5. The summed E-state index contributed by atoms with van der Waals surface area (Å²) < 4.78 is 5.77. The number of ether oxygens (including phenoxy) is 1. The van der Waals surface area contributed by atoms with Gasteiger partial charge in [-0.1, -0.05) is 25.1 Å². The van der Waals surface area contributed by atoms with Crippen molar-refractivity contribution in [2.75, 3.05) is 18.9 Å². The second kappa shape index (κ2) is 9.37. The van der Waals surface area contributed by atoms with Crippen LogP contribution in [0, 0.1) is 0 Å². The fourth-order valence-corrected chi connectivity index (χ4v) is 3.31. The number of carbonyl (C=O) groups is 2. The molecule has 0 radical (unpaired) electrons. The van der Waals surface area contributed by atoms with Gasteiger partial charge in [0.15, 0.2) is 0 Å². The minimum atomic E-state index is -0.267. The van der Waals surface area contributed by atoms with Crippen LogP contribution >= 0.6 is 0 Å². The molecule has 0 aliphatic carbocycles. The number of rotatable bonds is 6. The molecular formula is C22H27N3O3. The molecule has 1 fully saturated rings. The lowest BCUT2D eigenvalue weighted by Gasteiger charge is -2.36. The number of anilines is 1. The number of likely N-dealkylation sites (N-methyl/N-ethyl adjacent to an activating group) is 1. The number of nitrogens with zero attached hydrogens (tertiary/aromatic N) is 1. The second-order valence-electron chi connectivity index (χ2n) is 7.07. The quantitative estimate of drug-likeness (QED) is 0.805. The summed E-state index contributed by atoms with van der Waals surface area (Å²) in [6.45, 7) is 2.61. The zero-order valence-electron chi connectivity index (χ0n) is 16.4. The normalized spacial score (nSPS) is 19.6. The standard InChI is InChI=1S/C22H27N3O3/c1-3-21(26)23-17-13-14-25(2)20(15-17)22(27)24-16-9-11-19(12-10-16)28-18-7-5-4-6-8-18/h4-12,17,20H,3,13-15H2,1-2H3,(H,23,26)(H,24,27). The maximum atomic E-state index is 12.8. The van der Waals surface area contributed by atoms with E-state index in [1.807, 2.05) is 73.5 Å².